The molecule has 1 rings (SSSR count). The van der Waals surface area contributed by atoms with Crippen LogP contribution in [0.25, 0.3) is 0 Å². The van der Waals surface area contributed by atoms with E-state index in [9.17, 15) is 5.11 Å². The molecule has 0 bridgehead atoms. The van der Waals surface area contributed by atoms with E-state index < -0.39 is 0 Å². The first-order valence-corrected chi connectivity index (χ1v) is 6.07. The highest BCUT2D eigenvalue weighted by Crippen LogP contribution is 2.30. The van der Waals surface area contributed by atoms with Crippen molar-refractivity contribution in [3.63, 3.8) is 0 Å². The van der Waals surface area contributed by atoms with E-state index in [0.717, 1.165) is 22.1 Å². The summed E-state index contributed by atoms with van der Waals surface area (Å²) in [4.78, 5) is 0. The summed E-state index contributed by atoms with van der Waals surface area (Å²) in [6, 6.07) is 4.17. The van der Waals surface area contributed by atoms with Crippen LogP contribution in [0.3, 0.4) is 0 Å². The number of hydrogen-bond donors (Lipinski definition) is 2. The van der Waals surface area contributed by atoms with Crippen LogP contribution in [-0.4, -0.2) is 25.4 Å². The zero-order chi connectivity index (χ0) is 12.1. The summed E-state index contributed by atoms with van der Waals surface area (Å²) < 4.78 is 5.72. The van der Waals surface area contributed by atoms with Crippen molar-refractivity contribution < 1.29 is 9.84 Å². The van der Waals surface area contributed by atoms with Gasteiger partial charge in [0, 0.05) is 19.7 Å². The fourth-order valence-electron chi connectivity index (χ4n) is 1.51. The fraction of sp³-hybridized carbons (Fsp3) is 0.500. The molecule has 0 saturated carbocycles. The molecule has 0 aliphatic heterocycles. The van der Waals surface area contributed by atoms with Gasteiger partial charge in [-0.2, -0.15) is 0 Å². The summed E-state index contributed by atoms with van der Waals surface area (Å²) in [5.74, 6) is 0.313. The number of halogens is 1. The van der Waals surface area contributed by atoms with Crippen molar-refractivity contribution in [2.24, 2.45) is 0 Å². The zero-order valence-electron chi connectivity index (χ0n) is 9.88. The van der Waals surface area contributed by atoms with E-state index in [2.05, 4.69) is 28.2 Å². The quantitative estimate of drug-likeness (QED) is 0.819. The van der Waals surface area contributed by atoms with Crippen LogP contribution in [0.15, 0.2) is 16.6 Å². The normalized spacial score (nSPS) is 12.8. The molecule has 0 aliphatic carbocycles. The van der Waals surface area contributed by atoms with Gasteiger partial charge < -0.3 is 15.2 Å². The summed E-state index contributed by atoms with van der Waals surface area (Å²) in [6.07, 6.45) is 0. The van der Waals surface area contributed by atoms with Crippen molar-refractivity contribution >= 4 is 15.9 Å². The summed E-state index contributed by atoms with van der Waals surface area (Å²) in [7, 11) is 1.69. The third-order valence-electron chi connectivity index (χ3n) is 2.53. The molecule has 1 unspecified atom stereocenters. The second kappa shape index (κ2) is 6.23. The number of rotatable bonds is 5. The largest absolute Gasteiger partial charge is 0.506 e. The topological polar surface area (TPSA) is 41.5 Å². The van der Waals surface area contributed by atoms with Crippen molar-refractivity contribution in [3.8, 4) is 5.75 Å². The number of phenols is 1. The van der Waals surface area contributed by atoms with Crippen LogP contribution in [0.5, 0.6) is 5.75 Å². The number of ether oxygens (including phenoxy) is 1. The SMILES string of the molecule is COCCNC(C)c1cc(C)c(O)c(Br)c1. The Morgan fingerprint density at radius 1 is 1.50 bits per heavy atom. The Morgan fingerprint density at radius 3 is 2.75 bits per heavy atom. The molecule has 2 N–H and O–H groups in total. The molecule has 0 fully saturated rings. The average molecular weight is 288 g/mol. The maximum atomic E-state index is 9.64. The molecule has 0 saturated heterocycles. The number of methoxy groups -OCH3 is 1. The van der Waals surface area contributed by atoms with Gasteiger partial charge in [-0.25, -0.2) is 0 Å². The van der Waals surface area contributed by atoms with Crippen LogP contribution in [0.1, 0.15) is 24.1 Å². The number of phenolic OH excluding ortho intramolecular Hbond substituents is 1. The zero-order valence-corrected chi connectivity index (χ0v) is 11.5. The van der Waals surface area contributed by atoms with E-state index in [0.29, 0.717) is 12.4 Å². The summed E-state index contributed by atoms with van der Waals surface area (Å²) in [5.41, 5.74) is 2.03. The highest BCUT2D eigenvalue weighted by atomic mass is 79.9. The second-order valence-electron chi connectivity index (χ2n) is 3.84. The van der Waals surface area contributed by atoms with Crippen LogP contribution >= 0.6 is 15.9 Å². The maximum Gasteiger partial charge on any atom is 0.132 e. The van der Waals surface area contributed by atoms with Crippen LogP contribution in [0, 0.1) is 6.92 Å². The van der Waals surface area contributed by atoms with Gasteiger partial charge in [-0.3, -0.25) is 0 Å². The number of nitrogens with one attached hydrogen (secondary N) is 1. The maximum absolute atomic E-state index is 9.64. The average Bonchev–Trinajstić information content (AvgIpc) is 2.25. The van der Waals surface area contributed by atoms with Gasteiger partial charge in [0.2, 0.25) is 0 Å². The molecule has 1 aromatic carbocycles. The van der Waals surface area contributed by atoms with Gasteiger partial charge >= 0.3 is 0 Å². The minimum atomic E-state index is 0.241. The molecule has 16 heavy (non-hydrogen) atoms. The van der Waals surface area contributed by atoms with Crippen LogP contribution < -0.4 is 5.32 Å². The Balaban J connectivity index is 2.72. The standard InChI is InChI=1S/C12H18BrNO2/c1-8-6-10(7-11(13)12(8)15)9(2)14-4-5-16-3/h6-7,9,14-15H,4-5H2,1-3H3. The van der Waals surface area contributed by atoms with E-state index in [1.807, 2.05) is 19.1 Å². The Kier molecular flexibility index (Phi) is 5.25. The van der Waals surface area contributed by atoms with E-state index in [-0.39, 0.29) is 6.04 Å². The van der Waals surface area contributed by atoms with Crippen LogP contribution in [0.2, 0.25) is 0 Å². The number of benzene rings is 1. The van der Waals surface area contributed by atoms with E-state index in [1.54, 1.807) is 7.11 Å². The lowest BCUT2D eigenvalue weighted by molar-refractivity contribution is 0.196. The Morgan fingerprint density at radius 2 is 2.19 bits per heavy atom. The molecule has 0 aromatic heterocycles. The third-order valence-corrected chi connectivity index (χ3v) is 3.14. The van der Waals surface area contributed by atoms with E-state index >= 15 is 0 Å². The van der Waals surface area contributed by atoms with Crippen molar-refractivity contribution in [2.45, 2.75) is 19.9 Å². The lowest BCUT2D eigenvalue weighted by atomic mass is 10.1. The van der Waals surface area contributed by atoms with Gasteiger partial charge in [0.15, 0.2) is 0 Å². The predicted molar refractivity (Wildman–Crippen MR) is 68.8 cm³/mol. The summed E-state index contributed by atoms with van der Waals surface area (Å²) in [6.45, 7) is 5.50. The molecule has 0 spiro atoms. The molecular weight excluding hydrogens is 270 g/mol. The number of aromatic hydroxyl groups is 1. The monoisotopic (exact) mass is 287 g/mol. The molecule has 3 nitrogen and oxygen atoms in total. The minimum Gasteiger partial charge on any atom is -0.506 e. The molecule has 1 atom stereocenters. The lowest BCUT2D eigenvalue weighted by Crippen LogP contribution is -2.22. The van der Waals surface area contributed by atoms with Gasteiger partial charge in [-0.15, -0.1) is 0 Å². The summed E-state index contributed by atoms with van der Waals surface area (Å²) >= 11 is 3.34. The predicted octanol–water partition coefficient (Wildman–Crippen LogP) is 2.76. The highest BCUT2D eigenvalue weighted by Gasteiger charge is 2.09. The van der Waals surface area contributed by atoms with E-state index in [1.165, 1.54) is 0 Å². The fourth-order valence-corrected chi connectivity index (χ4v) is 2.09. The molecule has 90 valence electrons. The van der Waals surface area contributed by atoms with E-state index in [4.69, 9.17) is 4.74 Å². The molecule has 4 heteroatoms. The van der Waals surface area contributed by atoms with Crippen molar-refractivity contribution in [1.29, 1.82) is 0 Å². The molecule has 1 aromatic rings. The van der Waals surface area contributed by atoms with Gasteiger partial charge in [-0.1, -0.05) is 6.07 Å². The van der Waals surface area contributed by atoms with Gasteiger partial charge in [0.05, 0.1) is 11.1 Å². The molecule has 0 radical (unpaired) electrons. The molecule has 0 heterocycles. The first kappa shape index (κ1) is 13.5. The van der Waals surface area contributed by atoms with Crippen LogP contribution in [0.4, 0.5) is 0 Å². The Labute approximate surface area is 105 Å². The van der Waals surface area contributed by atoms with Crippen LogP contribution in [-0.2, 0) is 4.74 Å². The van der Waals surface area contributed by atoms with Gasteiger partial charge in [0.25, 0.3) is 0 Å². The molecule has 0 aliphatic rings. The van der Waals surface area contributed by atoms with Crippen molar-refractivity contribution in [3.05, 3.63) is 27.7 Å². The second-order valence-corrected chi connectivity index (χ2v) is 4.69. The van der Waals surface area contributed by atoms with Crippen molar-refractivity contribution in [2.75, 3.05) is 20.3 Å². The number of aryl methyl sites for hydroxylation is 1. The van der Waals surface area contributed by atoms with Gasteiger partial charge in [-0.05, 0) is 47.0 Å². The minimum absolute atomic E-state index is 0.241. The summed E-state index contributed by atoms with van der Waals surface area (Å²) in [5, 5.41) is 13.0. The Bertz CT molecular complexity index is 332. The lowest BCUT2D eigenvalue weighted by Gasteiger charge is -2.15. The molecular formula is C12H18BrNO2. The molecule has 0 amide bonds. The third kappa shape index (κ3) is 3.47. The number of hydrogen-bond acceptors (Lipinski definition) is 3. The smallest absolute Gasteiger partial charge is 0.132 e. The first-order chi connectivity index (χ1) is 7.56. The Hall–Kier alpha value is -0.580. The first-order valence-electron chi connectivity index (χ1n) is 5.27. The van der Waals surface area contributed by atoms with Gasteiger partial charge in [0.1, 0.15) is 5.75 Å². The van der Waals surface area contributed by atoms with Crippen molar-refractivity contribution in [1.82, 2.24) is 5.32 Å². The highest BCUT2D eigenvalue weighted by molar-refractivity contribution is 9.10.